The molecule has 0 saturated carbocycles. The molecule has 4 aromatic rings. The number of aliphatic hydroxyl groups excluding tert-OH is 1. The number of fused-ring (bicyclic) bond motifs is 2. The smallest absolute Gasteiger partial charge is 0.223 e. The molecular formula is C13H12Cl2N10O. The van der Waals surface area contributed by atoms with Gasteiger partial charge in [0, 0.05) is 0 Å². The minimum absolute atomic E-state index is 0.0289. The highest BCUT2D eigenvalue weighted by molar-refractivity contribution is 6.34. The number of aromatic nitrogens is 8. The summed E-state index contributed by atoms with van der Waals surface area (Å²) < 4.78 is 3.28. The van der Waals surface area contributed by atoms with Gasteiger partial charge in [0.2, 0.25) is 11.9 Å². The van der Waals surface area contributed by atoms with Gasteiger partial charge in [-0.1, -0.05) is 23.2 Å². The highest BCUT2D eigenvalue weighted by Gasteiger charge is 2.16. The van der Waals surface area contributed by atoms with Crippen LogP contribution in [0.3, 0.4) is 0 Å². The summed E-state index contributed by atoms with van der Waals surface area (Å²) in [5.74, 6) is 0.0577. The molecule has 4 heterocycles. The molecule has 0 aliphatic rings. The standard InChI is InChI=1S/C13H12Cl2N10O/c14-8-6-10(22-12(16)20-8)24(3-18-6)1-5(26)2-25-4-19-7-9(15)21-13(17)23-11(7)25/h3-5,26H,1-2H2,(H2,16,20,22)(H2,17,21,23). The van der Waals surface area contributed by atoms with E-state index < -0.39 is 6.10 Å². The van der Waals surface area contributed by atoms with Gasteiger partial charge in [-0.2, -0.15) is 19.9 Å². The lowest BCUT2D eigenvalue weighted by atomic mass is 10.3. The topological polar surface area (TPSA) is 159 Å². The van der Waals surface area contributed by atoms with Crippen molar-refractivity contribution in [1.29, 1.82) is 0 Å². The molecule has 4 rings (SSSR count). The Hall–Kier alpha value is -2.76. The average molecular weight is 395 g/mol. The zero-order valence-corrected chi connectivity index (χ0v) is 14.6. The van der Waals surface area contributed by atoms with Crippen LogP contribution in [0, 0.1) is 0 Å². The maximum atomic E-state index is 10.5. The SMILES string of the molecule is Nc1nc(Cl)c2ncn(CC(O)Cn3cnc4c(Cl)nc(N)nc43)c2n1. The summed E-state index contributed by atoms with van der Waals surface area (Å²) in [6.45, 7) is 0.383. The van der Waals surface area contributed by atoms with Crippen LogP contribution in [-0.4, -0.2) is 50.2 Å². The number of hydrogen-bond donors (Lipinski definition) is 3. The molecule has 11 nitrogen and oxygen atoms in total. The first kappa shape index (κ1) is 16.7. The number of hydrogen-bond acceptors (Lipinski definition) is 9. The van der Waals surface area contributed by atoms with Crippen molar-refractivity contribution in [3.05, 3.63) is 23.0 Å². The zero-order chi connectivity index (χ0) is 18.4. The van der Waals surface area contributed by atoms with E-state index in [9.17, 15) is 5.11 Å². The lowest BCUT2D eigenvalue weighted by Crippen LogP contribution is -2.22. The summed E-state index contributed by atoms with van der Waals surface area (Å²) in [6, 6.07) is 0. The Morgan fingerprint density at radius 3 is 1.69 bits per heavy atom. The van der Waals surface area contributed by atoms with E-state index in [0.29, 0.717) is 22.3 Å². The van der Waals surface area contributed by atoms with Crippen LogP contribution in [0.25, 0.3) is 22.3 Å². The Morgan fingerprint density at radius 1 is 0.846 bits per heavy atom. The lowest BCUT2D eigenvalue weighted by Gasteiger charge is -2.13. The van der Waals surface area contributed by atoms with E-state index in [1.54, 1.807) is 9.13 Å². The van der Waals surface area contributed by atoms with Crippen molar-refractivity contribution >= 4 is 57.4 Å². The van der Waals surface area contributed by atoms with Crippen molar-refractivity contribution in [2.45, 2.75) is 19.2 Å². The Balaban J connectivity index is 1.61. The first-order valence-corrected chi connectivity index (χ1v) is 8.13. The molecule has 0 saturated heterocycles. The molecular weight excluding hydrogens is 383 g/mol. The van der Waals surface area contributed by atoms with Crippen molar-refractivity contribution in [2.24, 2.45) is 0 Å². The number of nitrogens with two attached hydrogens (primary N) is 2. The van der Waals surface area contributed by atoms with Crippen LogP contribution in [0.5, 0.6) is 0 Å². The van der Waals surface area contributed by atoms with Crippen molar-refractivity contribution in [1.82, 2.24) is 39.0 Å². The van der Waals surface area contributed by atoms with E-state index in [-0.39, 0.29) is 35.3 Å². The van der Waals surface area contributed by atoms with E-state index in [1.807, 2.05) is 0 Å². The van der Waals surface area contributed by atoms with Crippen molar-refractivity contribution < 1.29 is 5.11 Å². The summed E-state index contributed by atoms with van der Waals surface area (Å²) in [5.41, 5.74) is 12.9. The highest BCUT2D eigenvalue weighted by atomic mass is 35.5. The van der Waals surface area contributed by atoms with Crippen LogP contribution in [0.4, 0.5) is 11.9 Å². The second kappa shape index (κ2) is 6.20. The molecule has 4 aromatic heterocycles. The number of aliphatic hydroxyl groups is 1. The summed E-state index contributed by atoms with van der Waals surface area (Å²) in [5, 5.41) is 10.8. The second-order valence-corrected chi connectivity index (χ2v) is 6.25. The maximum Gasteiger partial charge on any atom is 0.223 e. The molecule has 0 aromatic carbocycles. The Kier molecular flexibility index (Phi) is 3.98. The number of anilines is 2. The minimum atomic E-state index is -0.810. The van der Waals surface area contributed by atoms with Gasteiger partial charge in [0.25, 0.3) is 0 Å². The molecule has 0 atom stereocenters. The van der Waals surface area contributed by atoms with Gasteiger partial charge in [-0.25, -0.2) is 9.97 Å². The van der Waals surface area contributed by atoms with Crippen LogP contribution < -0.4 is 11.5 Å². The number of imidazole rings is 2. The fourth-order valence-electron chi connectivity index (χ4n) is 2.63. The van der Waals surface area contributed by atoms with Gasteiger partial charge in [0.05, 0.1) is 31.8 Å². The minimum Gasteiger partial charge on any atom is -0.389 e. The first-order chi connectivity index (χ1) is 12.4. The van der Waals surface area contributed by atoms with Crippen LogP contribution in [0.2, 0.25) is 10.3 Å². The predicted octanol–water partition coefficient (Wildman–Crippen LogP) is 0.498. The van der Waals surface area contributed by atoms with Crippen LogP contribution in [0.15, 0.2) is 12.7 Å². The summed E-state index contributed by atoms with van der Waals surface area (Å²) in [4.78, 5) is 24.2. The van der Waals surface area contributed by atoms with Crippen LogP contribution in [0.1, 0.15) is 0 Å². The molecule has 0 unspecified atom stereocenters. The van der Waals surface area contributed by atoms with Crippen molar-refractivity contribution in [2.75, 3.05) is 11.5 Å². The molecule has 0 fully saturated rings. The van der Waals surface area contributed by atoms with Gasteiger partial charge < -0.3 is 25.7 Å². The van der Waals surface area contributed by atoms with Gasteiger partial charge in [-0.15, -0.1) is 0 Å². The van der Waals surface area contributed by atoms with Gasteiger partial charge in [0.1, 0.15) is 11.0 Å². The Labute approximate surface area is 155 Å². The molecule has 13 heteroatoms. The molecule has 134 valence electrons. The van der Waals surface area contributed by atoms with E-state index >= 15 is 0 Å². The number of nitrogens with zero attached hydrogens (tertiary/aromatic N) is 8. The normalized spacial score (nSPS) is 11.8. The molecule has 26 heavy (non-hydrogen) atoms. The molecule has 0 spiro atoms. The summed E-state index contributed by atoms with van der Waals surface area (Å²) in [7, 11) is 0. The van der Waals surface area contributed by atoms with Crippen molar-refractivity contribution in [3.63, 3.8) is 0 Å². The molecule has 0 aliphatic heterocycles. The Morgan fingerprint density at radius 2 is 1.27 bits per heavy atom. The largest absolute Gasteiger partial charge is 0.389 e. The predicted molar refractivity (Wildman–Crippen MR) is 95.5 cm³/mol. The summed E-state index contributed by atoms with van der Waals surface area (Å²) >= 11 is 12.0. The lowest BCUT2D eigenvalue weighted by molar-refractivity contribution is 0.136. The Bertz CT molecular complexity index is 1040. The number of rotatable bonds is 4. The van der Waals surface area contributed by atoms with E-state index in [2.05, 4.69) is 29.9 Å². The summed E-state index contributed by atoms with van der Waals surface area (Å²) in [6.07, 6.45) is 2.21. The molecule has 0 amide bonds. The fraction of sp³-hybridized carbons (Fsp3) is 0.231. The maximum absolute atomic E-state index is 10.5. The third kappa shape index (κ3) is 2.85. The monoisotopic (exact) mass is 394 g/mol. The third-order valence-electron chi connectivity index (χ3n) is 3.69. The second-order valence-electron chi connectivity index (χ2n) is 5.54. The van der Waals surface area contributed by atoms with Gasteiger partial charge in [-0.05, 0) is 0 Å². The van der Waals surface area contributed by atoms with Crippen LogP contribution in [-0.2, 0) is 13.1 Å². The molecule has 0 aliphatic carbocycles. The van der Waals surface area contributed by atoms with Gasteiger partial charge in [0.15, 0.2) is 21.6 Å². The van der Waals surface area contributed by atoms with Gasteiger partial charge >= 0.3 is 0 Å². The van der Waals surface area contributed by atoms with E-state index in [0.717, 1.165) is 0 Å². The average Bonchev–Trinajstić information content (AvgIpc) is 3.13. The number of halogens is 2. The van der Waals surface area contributed by atoms with Crippen molar-refractivity contribution in [3.8, 4) is 0 Å². The first-order valence-electron chi connectivity index (χ1n) is 7.38. The molecule has 5 N–H and O–H groups in total. The van der Waals surface area contributed by atoms with Gasteiger partial charge in [-0.3, -0.25) is 0 Å². The van der Waals surface area contributed by atoms with E-state index in [1.165, 1.54) is 12.7 Å². The number of nitrogen functional groups attached to an aromatic ring is 2. The highest BCUT2D eigenvalue weighted by Crippen LogP contribution is 2.21. The fourth-order valence-corrected chi connectivity index (χ4v) is 3.07. The molecule has 0 radical (unpaired) electrons. The third-order valence-corrected chi connectivity index (χ3v) is 4.22. The quantitative estimate of drug-likeness (QED) is 0.418. The van der Waals surface area contributed by atoms with E-state index in [4.69, 9.17) is 34.7 Å². The molecule has 0 bridgehead atoms. The van der Waals surface area contributed by atoms with Crippen LogP contribution >= 0.6 is 23.2 Å². The zero-order valence-electron chi connectivity index (χ0n) is 13.1.